The molecule has 0 saturated heterocycles. The van der Waals surface area contributed by atoms with Crippen LogP contribution in [0.25, 0.3) is 21.1 Å². The highest BCUT2D eigenvalue weighted by atomic mass is 32.1. The monoisotopic (exact) mass is 507 g/mol. The molecule has 0 spiro atoms. The highest BCUT2D eigenvalue weighted by Gasteiger charge is 2.19. The van der Waals surface area contributed by atoms with E-state index in [1.54, 1.807) is 17.4 Å². The maximum atomic E-state index is 14.0. The lowest BCUT2D eigenvalue weighted by Gasteiger charge is -2.32. The van der Waals surface area contributed by atoms with E-state index < -0.39 is 0 Å². The Morgan fingerprint density at radius 1 is 1.14 bits per heavy atom. The summed E-state index contributed by atoms with van der Waals surface area (Å²) in [7, 11) is 0. The lowest BCUT2D eigenvalue weighted by Crippen LogP contribution is -2.39. The molecule has 7 heteroatoms. The largest absolute Gasteiger partial charge is 0.494 e. The number of ether oxygens (including phenoxy) is 2. The Kier molecular flexibility index (Phi) is 8.31. The maximum Gasteiger partial charge on any atom is 0.147 e. The quantitative estimate of drug-likeness (QED) is 0.165. The Labute approximate surface area is 215 Å². The highest BCUT2D eigenvalue weighted by molar-refractivity contribution is 7.18. The molecule has 0 amide bonds. The van der Waals surface area contributed by atoms with Gasteiger partial charge in [-0.1, -0.05) is 24.3 Å². The number of para-hydroxylation sites is 1. The molecule has 1 unspecified atom stereocenters. The van der Waals surface area contributed by atoms with Crippen molar-refractivity contribution >= 4 is 32.5 Å². The van der Waals surface area contributed by atoms with Crippen LogP contribution in [0, 0.1) is 12.7 Å². The molecule has 1 atom stereocenters. The van der Waals surface area contributed by atoms with E-state index in [1.807, 2.05) is 31.3 Å². The molecule has 0 fully saturated rings. The Balaban J connectivity index is 1.07. The second-order valence-corrected chi connectivity index (χ2v) is 10.6. The third kappa shape index (κ3) is 6.14. The Hall–Kier alpha value is -2.74. The number of rotatable bonds is 12. The first-order chi connectivity index (χ1) is 17.7. The van der Waals surface area contributed by atoms with E-state index in [4.69, 9.17) is 9.47 Å². The number of hydrogen-bond donors (Lipinski definition) is 1. The highest BCUT2D eigenvalue weighted by Crippen LogP contribution is 2.26. The van der Waals surface area contributed by atoms with Gasteiger partial charge in [0.2, 0.25) is 0 Å². The van der Waals surface area contributed by atoms with E-state index in [-0.39, 0.29) is 12.0 Å². The van der Waals surface area contributed by atoms with Crippen LogP contribution in [-0.2, 0) is 11.2 Å². The van der Waals surface area contributed by atoms with E-state index in [0.717, 1.165) is 79.9 Å². The molecule has 1 N–H and O–H groups in total. The number of nitrogens with one attached hydrogen (secondary N) is 1. The number of halogens is 1. The van der Waals surface area contributed by atoms with Crippen LogP contribution >= 0.6 is 11.3 Å². The van der Waals surface area contributed by atoms with Crippen LogP contribution in [0.1, 0.15) is 42.7 Å². The van der Waals surface area contributed by atoms with Crippen molar-refractivity contribution < 1.29 is 13.9 Å². The van der Waals surface area contributed by atoms with Crippen LogP contribution < -0.4 is 4.74 Å². The summed E-state index contributed by atoms with van der Waals surface area (Å²) in [6.45, 7) is 5.39. The van der Waals surface area contributed by atoms with Crippen molar-refractivity contribution in [1.29, 1.82) is 0 Å². The molecule has 36 heavy (non-hydrogen) atoms. The smallest absolute Gasteiger partial charge is 0.147 e. The molecule has 0 bridgehead atoms. The summed E-state index contributed by atoms with van der Waals surface area (Å²) >= 11 is 1.71. The van der Waals surface area contributed by atoms with Gasteiger partial charge in [0.25, 0.3) is 0 Å². The van der Waals surface area contributed by atoms with E-state index in [1.165, 1.54) is 16.3 Å². The molecular formula is C29H34FN3O2S. The van der Waals surface area contributed by atoms with Crippen LogP contribution in [-0.4, -0.2) is 47.4 Å². The number of benzene rings is 2. The first-order valence-corrected chi connectivity index (χ1v) is 13.7. The first-order valence-electron chi connectivity index (χ1n) is 12.9. The van der Waals surface area contributed by atoms with Crippen molar-refractivity contribution in [3.63, 3.8) is 0 Å². The summed E-state index contributed by atoms with van der Waals surface area (Å²) in [4.78, 5) is 10.1. The molecule has 4 aromatic rings. The summed E-state index contributed by atoms with van der Waals surface area (Å²) in [6.07, 6.45) is 12.4. The number of thiazole rings is 1. The van der Waals surface area contributed by atoms with Gasteiger partial charge in [0, 0.05) is 37.3 Å². The number of hydrogen-bond acceptors (Lipinski definition) is 5. The second-order valence-electron chi connectivity index (χ2n) is 9.37. The summed E-state index contributed by atoms with van der Waals surface area (Å²) in [5, 5.41) is 2.06. The van der Waals surface area contributed by atoms with Crippen molar-refractivity contribution in [3.8, 4) is 5.75 Å². The SMILES string of the molecule is Cc1nc2cc(OCCCCOC(CCCc3c[nH]c4c(F)cccc34)N3CC=CCC3)ccc2s1. The van der Waals surface area contributed by atoms with Crippen LogP contribution in [0.5, 0.6) is 5.75 Å². The number of unbranched alkanes of at least 4 members (excludes halogenated alkanes) is 1. The third-order valence-electron chi connectivity index (χ3n) is 6.73. The van der Waals surface area contributed by atoms with Gasteiger partial charge in [-0.25, -0.2) is 9.37 Å². The molecule has 3 heterocycles. The Morgan fingerprint density at radius 3 is 2.94 bits per heavy atom. The van der Waals surface area contributed by atoms with Crippen molar-refractivity contribution in [1.82, 2.24) is 14.9 Å². The van der Waals surface area contributed by atoms with Crippen molar-refractivity contribution in [3.05, 3.63) is 71.1 Å². The minimum atomic E-state index is -0.192. The predicted octanol–water partition coefficient (Wildman–Crippen LogP) is 7.01. The number of aromatic amines is 1. The topological polar surface area (TPSA) is 50.4 Å². The van der Waals surface area contributed by atoms with Crippen LogP contribution in [0.3, 0.4) is 0 Å². The van der Waals surface area contributed by atoms with Gasteiger partial charge in [-0.2, -0.15) is 0 Å². The Morgan fingerprint density at radius 2 is 2.06 bits per heavy atom. The molecule has 2 aromatic carbocycles. The Bertz CT molecular complexity index is 1310. The number of aromatic nitrogens is 2. The van der Waals surface area contributed by atoms with Gasteiger partial charge >= 0.3 is 0 Å². The molecule has 1 aliphatic heterocycles. The fraction of sp³-hybridized carbons (Fsp3) is 0.414. The van der Waals surface area contributed by atoms with E-state index in [2.05, 4.69) is 33.1 Å². The summed E-state index contributed by atoms with van der Waals surface area (Å²) in [5.74, 6) is 0.687. The molecule has 1 aliphatic rings. The minimum Gasteiger partial charge on any atom is -0.494 e. The molecule has 0 saturated carbocycles. The molecule has 0 radical (unpaired) electrons. The fourth-order valence-corrected chi connectivity index (χ4v) is 5.67. The zero-order chi connectivity index (χ0) is 24.7. The summed E-state index contributed by atoms with van der Waals surface area (Å²) < 4.78 is 27.5. The van der Waals surface area contributed by atoms with E-state index in [0.29, 0.717) is 12.1 Å². The average molecular weight is 508 g/mol. The minimum absolute atomic E-state index is 0.105. The molecule has 2 aromatic heterocycles. The van der Waals surface area contributed by atoms with Crippen molar-refractivity contribution in [2.24, 2.45) is 0 Å². The summed E-state index contributed by atoms with van der Waals surface area (Å²) in [5.41, 5.74) is 2.78. The van der Waals surface area contributed by atoms with Crippen molar-refractivity contribution in [2.45, 2.75) is 51.7 Å². The first kappa shape index (κ1) is 24.9. The van der Waals surface area contributed by atoms with E-state index >= 15 is 0 Å². The molecule has 5 nitrogen and oxygen atoms in total. The number of H-pyrrole nitrogens is 1. The second kappa shape index (κ2) is 12.0. The van der Waals surface area contributed by atoms with Gasteiger partial charge in [-0.3, -0.25) is 4.90 Å². The van der Waals surface area contributed by atoms with Crippen molar-refractivity contribution in [2.75, 3.05) is 26.3 Å². The molecule has 0 aliphatic carbocycles. The standard InChI is InChI=1S/C29H34FN3O2S/c1-21-32-26-19-23(13-14-27(26)36-21)34-17-5-6-18-35-28(33-15-3-2-4-16-33)12-7-9-22-20-31-29-24(22)10-8-11-25(29)30/h2-3,8,10-11,13-14,19-20,28,31H,4-7,9,12,15-18H2,1H3. The molecule has 5 rings (SSSR count). The predicted molar refractivity (Wildman–Crippen MR) is 145 cm³/mol. The fourth-order valence-electron chi connectivity index (χ4n) is 4.87. The normalized spacial score (nSPS) is 15.2. The van der Waals surface area contributed by atoms with E-state index in [9.17, 15) is 4.39 Å². The number of aryl methyl sites for hydroxylation is 2. The zero-order valence-electron chi connectivity index (χ0n) is 20.8. The zero-order valence-corrected chi connectivity index (χ0v) is 21.7. The molecule has 190 valence electrons. The van der Waals surface area contributed by atoms with Crippen LogP contribution in [0.4, 0.5) is 4.39 Å². The summed E-state index contributed by atoms with van der Waals surface area (Å²) in [6, 6.07) is 11.4. The van der Waals surface area contributed by atoms with Crippen LogP contribution in [0.15, 0.2) is 54.7 Å². The third-order valence-corrected chi connectivity index (χ3v) is 7.68. The van der Waals surface area contributed by atoms with Gasteiger partial charge in [-0.05, 0) is 69.2 Å². The lowest BCUT2D eigenvalue weighted by molar-refractivity contribution is -0.0625. The number of nitrogens with zero attached hydrogens (tertiary/aromatic N) is 2. The molecular weight excluding hydrogens is 473 g/mol. The number of fused-ring (bicyclic) bond motifs is 2. The van der Waals surface area contributed by atoms with Gasteiger partial charge in [0.05, 0.1) is 27.3 Å². The average Bonchev–Trinajstić information content (AvgIpc) is 3.48. The maximum absolute atomic E-state index is 14.0. The van der Waals surface area contributed by atoms with Gasteiger partial charge < -0.3 is 14.5 Å². The lowest BCUT2D eigenvalue weighted by atomic mass is 10.1. The van der Waals surface area contributed by atoms with Gasteiger partial charge in [0.1, 0.15) is 17.8 Å². The van der Waals surface area contributed by atoms with Gasteiger partial charge in [-0.15, -0.1) is 11.3 Å². The van der Waals surface area contributed by atoms with Gasteiger partial charge in [0.15, 0.2) is 0 Å². The van der Waals surface area contributed by atoms with Crippen LogP contribution in [0.2, 0.25) is 0 Å².